The van der Waals surface area contributed by atoms with Crippen molar-refractivity contribution in [3.05, 3.63) is 53.5 Å². The van der Waals surface area contributed by atoms with E-state index < -0.39 is 5.92 Å². The normalized spacial score (nSPS) is 17.7. The first-order valence-electron chi connectivity index (χ1n) is 7.78. The number of rotatable bonds is 4. The molecule has 0 aliphatic carbocycles. The fraction of sp³-hybridized carbons (Fsp3) is 0.278. The zero-order valence-corrected chi connectivity index (χ0v) is 13.7. The molecule has 2 amide bonds. The van der Waals surface area contributed by atoms with Crippen LogP contribution in [-0.4, -0.2) is 24.6 Å². The molecule has 0 spiro atoms. The highest BCUT2D eigenvalue weighted by Crippen LogP contribution is 2.26. The summed E-state index contributed by atoms with van der Waals surface area (Å²) < 4.78 is 5.09. The third-order valence-corrected chi connectivity index (χ3v) is 4.21. The summed E-state index contributed by atoms with van der Waals surface area (Å²) in [6.07, 6.45) is 3.14. The largest absolute Gasteiger partial charge is 0.463 e. The molecule has 6 heteroatoms. The minimum absolute atomic E-state index is 0.0478. The number of benzene rings is 1. The minimum Gasteiger partial charge on any atom is -0.463 e. The maximum Gasteiger partial charge on any atom is 0.245 e. The van der Waals surface area contributed by atoms with Gasteiger partial charge in [-0.05, 0) is 49.2 Å². The van der Waals surface area contributed by atoms with E-state index in [1.165, 1.54) is 18.0 Å². The predicted molar refractivity (Wildman–Crippen MR) is 90.8 cm³/mol. The average molecular weight is 325 g/mol. The molecule has 1 N–H and O–H groups in total. The summed E-state index contributed by atoms with van der Waals surface area (Å²) in [5.74, 6) is -0.173. The highest BCUT2D eigenvalue weighted by molar-refractivity contribution is 6.00. The van der Waals surface area contributed by atoms with Crippen LogP contribution < -0.4 is 10.3 Å². The molecule has 2 heterocycles. The standard InChI is InChI=1S/C18H19N3O3/c1-12-5-6-15(8-13(12)2)21-11-14(9-17(21)22)18(23)20-19-10-16-4-3-7-24-16/h3-8,10,14H,9,11H2,1-2H3,(H,20,23)/b19-10-/t14-/m0/s1. The van der Waals surface area contributed by atoms with E-state index in [-0.39, 0.29) is 18.2 Å². The number of hydrogen-bond donors (Lipinski definition) is 1. The average Bonchev–Trinajstić information content (AvgIpc) is 3.20. The molecule has 0 radical (unpaired) electrons. The van der Waals surface area contributed by atoms with Crippen molar-refractivity contribution in [3.63, 3.8) is 0 Å². The quantitative estimate of drug-likeness (QED) is 0.693. The van der Waals surface area contributed by atoms with Crippen molar-refractivity contribution in [2.75, 3.05) is 11.4 Å². The summed E-state index contributed by atoms with van der Waals surface area (Å²) in [4.78, 5) is 26.1. The molecule has 6 nitrogen and oxygen atoms in total. The molecule has 1 saturated heterocycles. The van der Waals surface area contributed by atoms with Gasteiger partial charge >= 0.3 is 0 Å². The molecule has 124 valence electrons. The number of anilines is 1. The molecule has 1 aromatic heterocycles. The molecule has 0 saturated carbocycles. The Morgan fingerprint density at radius 2 is 2.17 bits per heavy atom. The van der Waals surface area contributed by atoms with Gasteiger partial charge in [-0.2, -0.15) is 5.10 Å². The Labute approximate surface area is 140 Å². The fourth-order valence-corrected chi connectivity index (χ4v) is 2.64. The summed E-state index contributed by atoms with van der Waals surface area (Å²) >= 11 is 0. The lowest BCUT2D eigenvalue weighted by atomic mass is 10.1. The van der Waals surface area contributed by atoms with Crippen molar-refractivity contribution in [2.45, 2.75) is 20.3 Å². The first-order chi connectivity index (χ1) is 11.5. The number of nitrogens with one attached hydrogen (secondary N) is 1. The monoisotopic (exact) mass is 325 g/mol. The molecule has 24 heavy (non-hydrogen) atoms. The van der Waals surface area contributed by atoms with Crippen molar-refractivity contribution < 1.29 is 14.0 Å². The fourth-order valence-electron chi connectivity index (χ4n) is 2.64. The van der Waals surface area contributed by atoms with Gasteiger partial charge in [0.05, 0.1) is 18.4 Å². The third-order valence-electron chi connectivity index (χ3n) is 4.21. The molecule has 0 bridgehead atoms. The van der Waals surface area contributed by atoms with Crippen LogP contribution in [0.5, 0.6) is 0 Å². The number of nitrogens with zero attached hydrogens (tertiary/aromatic N) is 2. The minimum atomic E-state index is -0.409. The van der Waals surface area contributed by atoms with Crippen molar-refractivity contribution in [2.24, 2.45) is 11.0 Å². The number of furan rings is 1. The molecule has 0 unspecified atom stereocenters. The van der Waals surface area contributed by atoms with Crippen molar-refractivity contribution in [1.82, 2.24) is 5.43 Å². The second kappa shape index (κ2) is 6.70. The first kappa shape index (κ1) is 16.0. The molecule has 1 atom stereocenters. The van der Waals surface area contributed by atoms with Gasteiger partial charge in [0.2, 0.25) is 11.8 Å². The number of hydrogen-bond acceptors (Lipinski definition) is 4. The Kier molecular flexibility index (Phi) is 4.46. The van der Waals surface area contributed by atoms with E-state index in [0.717, 1.165) is 11.3 Å². The lowest BCUT2D eigenvalue weighted by Gasteiger charge is -2.17. The van der Waals surface area contributed by atoms with Gasteiger partial charge in [-0.25, -0.2) is 5.43 Å². The lowest BCUT2D eigenvalue weighted by molar-refractivity contribution is -0.126. The van der Waals surface area contributed by atoms with Crippen LogP contribution in [0.1, 0.15) is 23.3 Å². The maximum absolute atomic E-state index is 12.2. The zero-order chi connectivity index (χ0) is 17.1. The van der Waals surface area contributed by atoms with E-state index in [4.69, 9.17) is 4.42 Å². The van der Waals surface area contributed by atoms with Gasteiger partial charge in [0.25, 0.3) is 0 Å². The third kappa shape index (κ3) is 3.37. The van der Waals surface area contributed by atoms with Gasteiger partial charge in [0.15, 0.2) is 0 Å². The molecule has 3 rings (SSSR count). The second-order valence-electron chi connectivity index (χ2n) is 5.92. The number of hydrazone groups is 1. The number of carbonyl (C=O) groups is 2. The van der Waals surface area contributed by atoms with Crippen LogP contribution >= 0.6 is 0 Å². The van der Waals surface area contributed by atoms with Crippen molar-refractivity contribution in [3.8, 4) is 0 Å². The number of aryl methyl sites for hydroxylation is 2. The van der Waals surface area contributed by atoms with Gasteiger partial charge in [-0.3, -0.25) is 9.59 Å². The molecule has 1 aromatic carbocycles. The van der Waals surface area contributed by atoms with Gasteiger partial charge in [-0.15, -0.1) is 0 Å². The highest BCUT2D eigenvalue weighted by atomic mass is 16.3. The van der Waals surface area contributed by atoms with E-state index in [1.807, 2.05) is 32.0 Å². The lowest BCUT2D eigenvalue weighted by Crippen LogP contribution is -2.30. The summed E-state index contributed by atoms with van der Waals surface area (Å²) in [6, 6.07) is 9.34. The van der Waals surface area contributed by atoms with Crippen LogP contribution in [0, 0.1) is 19.8 Å². The second-order valence-corrected chi connectivity index (χ2v) is 5.92. The van der Waals surface area contributed by atoms with E-state index >= 15 is 0 Å². The van der Waals surface area contributed by atoms with Crippen LogP contribution in [0.3, 0.4) is 0 Å². The molecule has 1 fully saturated rings. The topological polar surface area (TPSA) is 74.9 Å². The summed E-state index contributed by atoms with van der Waals surface area (Å²) in [5, 5.41) is 3.86. The zero-order valence-electron chi connectivity index (χ0n) is 13.7. The Morgan fingerprint density at radius 1 is 1.33 bits per heavy atom. The molecular weight excluding hydrogens is 306 g/mol. The van der Waals surface area contributed by atoms with E-state index in [0.29, 0.717) is 12.3 Å². The predicted octanol–water partition coefficient (Wildman–Crippen LogP) is 2.40. The van der Waals surface area contributed by atoms with E-state index in [2.05, 4.69) is 10.5 Å². The van der Waals surface area contributed by atoms with Crippen molar-refractivity contribution in [1.29, 1.82) is 0 Å². The van der Waals surface area contributed by atoms with Crippen LogP contribution in [0.2, 0.25) is 0 Å². The Hall–Kier alpha value is -2.89. The van der Waals surface area contributed by atoms with Crippen LogP contribution in [-0.2, 0) is 9.59 Å². The van der Waals surface area contributed by atoms with Crippen molar-refractivity contribution >= 4 is 23.7 Å². The summed E-state index contributed by atoms with van der Waals surface area (Å²) in [7, 11) is 0. The molecule has 2 aromatic rings. The van der Waals surface area contributed by atoms with Gasteiger partial charge < -0.3 is 9.32 Å². The SMILES string of the molecule is Cc1ccc(N2C[C@@H](C(=O)N/N=C\c3ccco3)CC2=O)cc1C. The summed E-state index contributed by atoms with van der Waals surface area (Å²) in [6.45, 7) is 4.40. The Morgan fingerprint density at radius 3 is 2.88 bits per heavy atom. The molecular formula is C18H19N3O3. The van der Waals surface area contributed by atoms with Crippen LogP contribution in [0.15, 0.2) is 46.1 Å². The smallest absolute Gasteiger partial charge is 0.245 e. The van der Waals surface area contributed by atoms with E-state index in [1.54, 1.807) is 17.0 Å². The Bertz CT molecular complexity index is 781. The van der Waals surface area contributed by atoms with Gasteiger partial charge in [0, 0.05) is 18.7 Å². The van der Waals surface area contributed by atoms with Crippen LogP contribution in [0.4, 0.5) is 5.69 Å². The maximum atomic E-state index is 12.2. The first-order valence-corrected chi connectivity index (χ1v) is 7.78. The number of carbonyl (C=O) groups excluding carboxylic acids is 2. The highest BCUT2D eigenvalue weighted by Gasteiger charge is 2.35. The summed E-state index contributed by atoms with van der Waals surface area (Å²) in [5.41, 5.74) is 5.59. The van der Waals surface area contributed by atoms with Gasteiger partial charge in [0.1, 0.15) is 5.76 Å². The van der Waals surface area contributed by atoms with Crippen LogP contribution in [0.25, 0.3) is 0 Å². The number of amides is 2. The van der Waals surface area contributed by atoms with Gasteiger partial charge in [-0.1, -0.05) is 6.07 Å². The molecule has 1 aliphatic rings. The van der Waals surface area contributed by atoms with E-state index in [9.17, 15) is 9.59 Å². The molecule has 1 aliphatic heterocycles. The Balaban J connectivity index is 1.63.